The highest BCUT2D eigenvalue weighted by Crippen LogP contribution is 2.21. The zero-order valence-corrected chi connectivity index (χ0v) is 15.7. The number of carbonyl (C=O) groups excluding carboxylic acids is 2. The third kappa shape index (κ3) is 5.33. The number of rotatable bonds is 8. The lowest BCUT2D eigenvalue weighted by molar-refractivity contribution is -0.129. The molecule has 1 atom stereocenters. The average Bonchev–Trinajstić information content (AvgIpc) is 3.07. The predicted molar refractivity (Wildman–Crippen MR) is 104 cm³/mol. The molecule has 27 heavy (non-hydrogen) atoms. The van der Waals surface area contributed by atoms with Crippen molar-refractivity contribution in [1.29, 1.82) is 0 Å². The minimum Gasteiger partial charge on any atom is -0.497 e. The van der Waals surface area contributed by atoms with E-state index in [4.69, 9.17) is 4.74 Å². The smallest absolute Gasteiger partial charge is 0.225 e. The Morgan fingerprint density at radius 2 is 1.85 bits per heavy atom. The monoisotopic (exact) mass is 366 g/mol. The molecule has 142 valence electrons. The maximum Gasteiger partial charge on any atom is 0.225 e. The van der Waals surface area contributed by atoms with Gasteiger partial charge in [-0.1, -0.05) is 42.5 Å². The molecule has 5 heteroatoms. The highest BCUT2D eigenvalue weighted by Gasteiger charge is 2.33. The summed E-state index contributed by atoms with van der Waals surface area (Å²) >= 11 is 0. The fraction of sp³-hybridized carbons (Fsp3) is 0.364. The van der Waals surface area contributed by atoms with Gasteiger partial charge in [0.15, 0.2) is 0 Å². The van der Waals surface area contributed by atoms with E-state index in [0.717, 1.165) is 24.2 Å². The molecule has 0 saturated carbocycles. The maximum atomic E-state index is 12.4. The lowest BCUT2D eigenvalue weighted by atomic mass is 10.1. The molecular formula is C22H26N2O3. The van der Waals surface area contributed by atoms with Gasteiger partial charge in [0.2, 0.25) is 11.8 Å². The molecule has 0 spiro atoms. The molecule has 0 unspecified atom stereocenters. The van der Waals surface area contributed by atoms with Gasteiger partial charge in [0.1, 0.15) is 5.75 Å². The number of benzene rings is 2. The summed E-state index contributed by atoms with van der Waals surface area (Å²) in [6.07, 6.45) is 2.13. The highest BCUT2D eigenvalue weighted by atomic mass is 16.5. The van der Waals surface area contributed by atoms with E-state index >= 15 is 0 Å². The fourth-order valence-corrected chi connectivity index (χ4v) is 3.35. The first-order valence-electron chi connectivity index (χ1n) is 9.38. The Bertz CT molecular complexity index is 759. The average molecular weight is 366 g/mol. The minimum atomic E-state index is -0.257. The maximum absolute atomic E-state index is 12.4. The van der Waals surface area contributed by atoms with E-state index in [-0.39, 0.29) is 17.7 Å². The molecule has 0 radical (unpaired) electrons. The summed E-state index contributed by atoms with van der Waals surface area (Å²) in [4.78, 5) is 26.4. The zero-order chi connectivity index (χ0) is 19.1. The van der Waals surface area contributed by atoms with Crippen molar-refractivity contribution in [3.05, 3.63) is 65.7 Å². The van der Waals surface area contributed by atoms with Crippen molar-refractivity contribution in [1.82, 2.24) is 10.2 Å². The third-order valence-electron chi connectivity index (χ3n) is 4.90. The lowest BCUT2D eigenvalue weighted by Gasteiger charge is -2.17. The van der Waals surface area contributed by atoms with Gasteiger partial charge < -0.3 is 15.0 Å². The summed E-state index contributed by atoms with van der Waals surface area (Å²) in [5.41, 5.74) is 2.31. The first-order chi connectivity index (χ1) is 13.2. The molecule has 5 nitrogen and oxygen atoms in total. The topological polar surface area (TPSA) is 58.6 Å². The van der Waals surface area contributed by atoms with Gasteiger partial charge in [0.25, 0.3) is 0 Å². The number of likely N-dealkylation sites (tertiary alicyclic amines) is 1. The van der Waals surface area contributed by atoms with Crippen molar-refractivity contribution >= 4 is 11.8 Å². The van der Waals surface area contributed by atoms with Crippen LogP contribution >= 0.6 is 0 Å². The number of ether oxygens (including phenoxy) is 1. The molecule has 1 aliphatic rings. The number of methoxy groups -OCH3 is 1. The van der Waals surface area contributed by atoms with Crippen LogP contribution in [-0.2, 0) is 22.6 Å². The lowest BCUT2D eigenvalue weighted by Crippen LogP contribution is -2.33. The van der Waals surface area contributed by atoms with Crippen molar-refractivity contribution in [3.8, 4) is 5.75 Å². The van der Waals surface area contributed by atoms with Crippen molar-refractivity contribution in [3.63, 3.8) is 0 Å². The number of hydrogen-bond donors (Lipinski definition) is 1. The summed E-state index contributed by atoms with van der Waals surface area (Å²) in [6.45, 7) is 1.65. The molecule has 2 aromatic rings. The van der Waals surface area contributed by atoms with Crippen LogP contribution < -0.4 is 10.1 Å². The molecule has 0 bridgehead atoms. The summed E-state index contributed by atoms with van der Waals surface area (Å²) in [5.74, 6) is 0.552. The van der Waals surface area contributed by atoms with Crippen LogP contribution in [0.3, 0.4) is 0 Å². The number of nitrogens with zero attached hydrogens (tertiary/aromatic N) is 1. The Morgan fingerprint density at radius 1 is 1.11 bits per heavy atom. The fourth-order valence-electron chi connectivity index (χ4n) is 3.35. The molecule has 1 fully saturated rings. The number of nitrogens with one attached hydrogen (secondary N) is 1. The van der Waals surface area contributed by atoms with Crippen LogP contribution in [0.25, 0.3) is 0 Å². The summed E-state index contributed by atoms with van der Waals surface area (Å²) in [7, 11) is 1.63. The number of amides is 2. The van der Waals surface area contributed by atoms with Gasteiger partial charge in [-0.25, -0.2) is 0 Å². The van der Waals surface area contributed by atoms with E-state index in [9.17, 15) is 9.59 Å². The van der Waals surface area contributed by atoms with E-state index in [2.05, 4.69) is 17.4 Å². The molecule has 1 N–H and O–H groups in total. The summed E-state index contributed by atoms with van der Waals surface area (Å²) in [5, 5.41) is 2.98. The van der Waals surface area contributed by atoms with E-state index < -0.39 is 0 Å². The summed E-state index contributed by atoms with van der Waals surface area (Å²) < 4.78 is 5.15. The Morgan fingerprint density at radius 3 is 2.56 bits per heavy atom. The molecule has 2 amide bonds. The van der Waals surface area contributed by atoms with Crippen LogP contribution in [0.4, 0.5) is 0 Å². The van der Waals surface area contributed by atoms with Crippen molar-refractivity contribution in [2.24, 2.45) is 5.92 Å². The predicted octanol–water partition coefficient (Wildman–Crippen LogP) is 2.79. The van der Waals surface area contributed by atoms with Crippen molar-refractivity contribution < 1.29 is 14.3 Å². The number of aryl methyl sites for hydroxylation is 1. The van der Waals surface area contributed by atoms with Gasteiger partial charge in [-0.15, -0.1) is 0 Å². The summed E-state index contributed by atoms with van der Waals surface area (Å²) in [6, 6.07) is 17.9. The second kappa shape index (κ2) is 9.21. The van der Waals surface area contributed by atoms with Gasteiger partial charge in [0.05, 0.1) is 13.0 Å². The molecule has 0 aromatic heterocycles. The zero-order valence-electron chi connectivity index (χ0n) is 15.7. The van der Waals surface area contributed by atoms with Crippen LogP contribution in [0.2, 0.25) is 0 Å². The second-order valence-electron chi connectivity index (χ2n) is 6.90. The van der Waals surface area contributed by atoms with Crippen molar-refractivity contribution in [2.75, 3.05) is 20.2 Å². The molecule has 0 aliphatic carbocycles. The van der Waals surface area contributed by atoms with E-state index in [1.807, 2.05) is 42.5 Å². The molecule has 1 heterocycles. The Kier molecular flexibility index (Phi) is 6.47. The second-order valence-corrected chi connectivity index (χ2v) is 6.90. The number of carbonyl (C=O) groups is 2. The quantitative estimate of drug-likeness (QED) is 0.731. The standard InChI is InChI=1S/C22H26N2O3/c1-27-20-11-9-18(10-12-20)15-24-16-19(14-21(24)25)22(26)23-13-5-8-17-6-3-2-4-7-17/h2-4,6-7,9-12,19H,5,8,13-16H2,1H3,(H,23,26)/t19-/m0/s1. The van der Waals surface area contributed by atoms with E-state index in [1.54, 1.807) is 12.0 Å². The van der Waals surface area contributed by atoms with Crippen LogP contribution in [0.15, 0.2) is 54.6 Å². The SMILES string of the molecule is COc1ccc(CN2C[C@@H](C(=O)NCCCc3ccccc3)CC2=O)cc1. The Hall–Kier alpha value is -2.82. The first-order valence-corrected chi connectivity index (χ1v) is 9.38. The van der Waals surface area contributed by atoms with Crippen LogP contribution in [0.5, 0.6) is 5.75 Å². The Balaban J connectivity index is 1.42. The Labute approximate surface area is 160 Å². The normalized spacial score (nSPS) is 16.4. The van der Waals surface area contributed by atoms with Crippen LogP contribution in [0.1, 0.15) is 24.0 Å². The molecule has 2 aromatic carbocycles. The van der Waals surface area contributed by atoms with E-state index in [1.165, 1.54) is 5.56 Å². The molecule has 1 saturated heterocycles. The molecular weight excluding hydrogens is 340 g/mol. The number of hydrogen-bond acceptors (Lipinski definition) is 3. The van der Waals surface area contributed by atoms with Gasteiger partial charge >= 0.3 is 0 Å². The molecule has 3 rings (SSSR count). The molecule has 1 aliphatic heterocycles. The third-order valence-corrected chi connectivity index (χ3v) is 4.90. The van der Waals surface area contributed by atoms with Crippen LogP contribution in [-0.4, -0.2) is 36.9 Å². The minimum absolute atomic E-state index is 0.0198. The van der Waals surface area contributed by atoms with E-state index in [0.29, 0.717) is 26.1 Å². The first kappa shape index (κ1) is 19.0. The van der Waals surface area contributed by atoms with Crippen LogP contribution in [0, 0.1) is 5.92 Å². The largest absolute Gasteiger partial charge is 0.497 e. The van der Waals surface area contributed by atoms with Gasteiger partial charge in [-0.2, -0.15) is 0 Å². The van der Waals surface area contributed by atoms with Gasteiger partial charge in [-0.3, -0.25) is 9.59 Å². The highest BCUT2D eigenvalue weighted by molar-refractivity contribution is 5.89. The van der Waals surface area contributed by atoms with Gasteiger partial charge in [-0.05, 0) is 36.1 Å². The van der Waals surface area contributed by atoms with Crippen molar-refractivity contribution in [2.45, 2.75) is 25.8 Å². The van der Waals surface area contributed by atoms with Gasteiger partial charge in [0, 0.05) is 26.1 Å².